The molecule has 2 aliphatic heterocycles. The van der Waals surface area contributed by atoms with Crippen LogP contribution in [0.1, 0.15) is 22.3 Å². The molecule has 11 rings (SSSR count). The molecule has 1 spiro atoms. The molecule has 0 atom stereocenters. The first-order valence-corrected chi connectivity index (χ1v) is 21.6. The van der Waals surface area contributed by atoms with Gasteiger partial charge in [-0.25, -0.2) is 0 Å². The van der Waals surface area contributed by atoms with Crippen molar-refractivity contribution in [3.8, 4) is 11.1 Å². The zero-order valence-corrected chi connectivity index (χ0v) is 32.5. The van der Waals surface area contributed by atoms with Gasteiger partial charge in [-0.2, -0.15) is 0 Å². The Bertz CT molecular complexity index is 2850. The molecule has 56 heavy (non-hydrogen) atoms. The lowest BCUT2D eigenvalue weighted by Crippen LogP contribution is -2.62. The lowest BCUT2D eigenvalue weighted by molar-refractivity contribution is 0.708. The van der Waals surface area contributed by atoms with Crippen molar-refractivity contribution >= 4 is 64.0 Å². The van der Waals surface area contributed by atoms with Crippen molar-refractivity contribution in [1.82, 2.24) is 0 Å². The second kappa shape index (κ2) is 13.4. The normalized spacial score (nSPS) is 13.7. The number of rotatable bonds is 5. The van der Waals surface area contributed by atoms with Crippen LogP contribution in [0.3, 0.4) is 0 Å². The smallest absolute Gasteiger partial charge is 0.155 e. The van der Waals surface area contributed by atoms with Crippen LogP contribution in [-0.2, 0) is 5.41 Å². The van der Waals surface area contributed by atoms with Crippen LogP contribution in [0.25, 0.3) is 21.9 Å². The quantitative estimate of drug-likeness (QED) is 0.161. The minimum absolute atomic E-state index is 0.465. The Labute approximate surface area is 334 Å². The summed E-state index contributed by atoms with van der Waals surface area (Å²) in [6.45, 7) is 0. The van der Waals surface area contributed by atoms with Crippen molar-refractivity contribution in [3.05, 3.63) is 241 Å². The van der Waals surface area contributed by atoms with Gasteiger partial charge in [0, 0.05) is 26.6 Å². The summed E-state index contributed by atoms with van der Waals surface area (Å²) in [5.41, 5.74) is 10.9. The number of hydrogen-bond acceptors (Lipinski definition) is 2. The SMILES string of the molecule is c1ccc(-c2ccc(N(c3ccc4c(c3)[Si](c3ccccc3)c3ccccc3C43c4ccccc4Sc4ccccc43)c3cccc4ccccc34)cc2)cc1. The molecule has 2 heterocycles. The maximum atomic E-state index is 2.55. The summed E-state index contributed by atoms with van der Waals surface area (Å²) in [7, 11) is -1.45. The lowest BCUT2D eigenvalue weighted by atomic mass is 9.64. The van der Waals surface area contributed by atoms with Crippen molar-refractivity contribution in [2.45, 2.75) is 15.2 Å². The van der Waals surface area contributed by atoms with Crippen molar-refractivity contribution in [2.75, 3.05) is 4.90 Å². The second-order valence-electron chi connectivity index (χ2n) is 14.6. The van der Waals surface area contributed by atoms with Gasteiger partial charge in [-0.15, -0.1) is 0 Å². The van der Waals surface area contributed by atoms with E-state index in [1.807, 2.05) is 11.8 Å². The molecule has 0 unspecified atom stereocenters. The molecule has 9 aromatic rings. The predicted molar refractivity (Wildman–Crippen MR) is 238 cm³/mol. The van der Waals surface area contributed by atoms with E-state index in [9.17, 15) is 0 Å². The molecule has 1 radical (unpaired) electrons. The Kier molecular flexibility index (Phi) is 7.90. The van der Waals surface area contributed by atoms with Crippen LogP contribution in [0.15, 0.2) is 228 Å². The minimum Gasteiger partial charge on any atom is -0.310 e. The molecule has 0 fully saturated rings. The average molecular weight is 747 g/mol. The third-order valence-electron chi connectivity index (χ3n) is 11.6. The van der Waals surface area contributed by atoms with Crippen LogP contribution >= 0.6 is 11.8 Å². The largest absolute Gasteiger partial charge is 0.310 e. The van der Waals surface area contributed by atoms with E-state index >= 15 is 0 Å². The van der Waals surface area contributed by atoms with Crippen LogP contribution in [-0.4, -0.2) is 8.80 Å². The topological polar surface area (TPSA) is 3.24 Å². The molecule has 9 aromatic carbocycles. The number of nitrogens with zero attached hydrogens (tertiary/aromatic N) is 1. The van der Waals surface area contributed by atoms with E-state index in [1.165, 1.54) is 75.2 Å². The van der Waals surface area contributed by atoms with Gasteiger partial charge in [0.1, 0.15) is 0 Å². The molecule has 263 valence electrons. The summed E-state index contributed by atoms with van der Waals surface area (Å²) in [4.78, 5) is 5.12. The Morgan fingerprint density at radius 3 is 1.70 bits per heavy atom. The highest BCUT2D eigenvalue weighted by molar-refractivity contribution is 7.99. The van der Waals surface area contributed by atoms with Gasteiger partial charge < -0.3 is 4.90 Å². The number of fused-ring (bicyclic) bond motifs is 9. The molecule has 0 N–H and O–H groups in total. The van der Waals surface area contributed by atoms with Gasteiger partial charge in [0.15, 0.2) is 8.80 Å². The number of hydrogen-bond donors (Lipinski definition) is 0. The highest BCUT2D eigenvalue weighted by Gasteiger charge is 2.51. The van der Waals surface area contributed by atoms with Crippen LogP contribution in [0.4, 0.5) is 17.1 Å². The Balaban J connectivity index is 1.21. The first-order chi connectivity index (χ1) is 27.8. The van der Waals surface area contributed by atoms with Gasteiger partial charge in [0.2, 0.25) is 0 Å². The van der Waals surface area contributed by atoms with E-state index < -0.39 is 14.2 Å². The number of anilines is 3. The van der Waals surface area contributed by atoms with Crippen molar-refractivity contribution in [3.63, 3.8) is 0 Å². The van der Waals surface area contributed by atoms with Crippen LogP contribution < -0.4 is 20.5 Å². The van der Waals surface area contributed by atoms with Crippen LogP contribution in [0.2, 0.25) is 0 Å². The molecule has 0 saturated heterocycles. The lowest BCUT2D eigenvalue weighted by Gasteiger charge is -2.48. The van der Waals surface area contributed by atoms with Gasteiger partial charge in [-0.3, -0.25) is 0 Å². The molecule has 3 heteroatoms. The first kappa shape index (κ1) is 33.0. The Morgan fingerprint density at radius 2 is 0.946 bits per heavy atom. The molecule has 0 saturated carbocycles. The highest BCUT2D eigenvalue weighted by Crippen LogP contribution is 2.56. The van der Waals surface area contributed by atoms with Gasteiger partial charge in [-0.05, 0) is 91.6 Å². The Hall–Kier alpha value is -6.39. The fraction of sp³-hybridized carbons (Fsp3) is 0.0189. The van der Waals surface area contributed by atoms with E-state index in [2.05, 4.69) is 223 Å². The van der Waals surface area contributed by atoms with E-state index in [0.29, 0.717) is 0 Å². The van der Waals surface area contributed by atoms with Crippen LogP contribution in [0, 0.1) is 0 Å². The predicted octanol–water partition coefficient (Wildman–Crippen LogP) is 11.7. The molecule has 0 aliphatic carbocycles. The highest BCUT2D eigenvalue weighted by atomic mass is 32.2. The maximum Gasteiger partial charge on any atom is 0.155 e. The van der Waals surface area contributed by atoms with Gasteiger partial charge in [-0.1, -0.05) is 193 Å². The Morgan fingerprint density at radius 1 is 0.393 bits per heavy atom. The summed E-state index contributed by atoms with van der Waals surface area (Å²) in [6, 6.07) is 81.4. The zero-order chi connectivity index (χ0) is 37.1. The molecular weight excluding hydrogens is 711 g/mol. The summed E-state index contributed by atoms with van der Waals surface area (Å²) in [5.74, 6) is 0. The summed E-state index contributed by atoms with van der Waals surface area (Å²) in [6.07, 6.45) is 0. The standard InChI is InChI=1S/C53H36NSSi/c1-3-16-37(17-4-1)38-30-32-40(33-31-38)54(48-26-15-19-39-18-7-8-22-43(39)48)41-34-35-47-52(36-41)56(42-20-5-2-6-21-42)51-29-14-11-25-46(51)53(47)44-23-9-12-27-49(44)55-50-28-13-10-24-45(50)53/h1-36H. The molecule has 0 amide bonds. The molecule has 1 nitrogen and oxygen atoms in total. The maximum absolute atomic E-state index is 2.55. The van der Waals surface area contributed by atoms with E-state index in [4.69, 9.17) is 0 Å². The first-order valence-electron chi connectivity index (χ1n) is 19.3. The monoisotopic (exact) mass is 746 g/mol. The fourth-order valence-electron chi connectivity index (χ4n) is 9.28. The fourth-order valence-corrected chi connectivity index (χ4v) is 13.5. The summed E-state index contributed by atoms with van der Waals surface area (Å²) in [5, 5.41) is 6.73. The van der Waals surface area contributed by atoms with Gasteiger partial charge in [0.25, 0.3) is 0 Å². The van der Waals surface area contributed by atoms with Crippen molar-refractivity contribution < 1.29 is 0 Å². The molecule has 0 bridgehead atoms. The van der Waals surface area contributed by atoms with Crippen molar-refractivity contribution in [1.29, 1.82) is 0 Å². The third kappa shape index (κ3) is 5.08. The molecular formula is C53H36NSSi. The van der Waals surface area contributed by atoms with Gasteiger partial charge in [0.05, 0.1) is 11.1 Å². The van der Waals surface area contributed by atoms with Crippen LogP contribution in [0.5, 0.6) is 0 Å². The zero-order valence-electron chi connectivity index (χ0n) is 30.6. The molecule has 2 aliphatic rings. The summed E-state index contributed by atoms with van der Waals surface area (Å²) < 4.78 is 0. The third-order valence-corrected chi connectivity index (χ3v) is 15.6. The second-order valence-corrected chi connectivity index (χ2v) is 18.1. The van der Waals surface area contributed by atoms with E-state index in [1.54, 1.807) is 0 Å². The van der Waals surface area contributed by atoms with E-state index in [-0.39, 0.29) is 0 Å². The minimum atomic E-state index is -1.45. The summed E-state index contributed by atoms with van der Waals surface area (Å²) >= 11 is 1.90. The average Bonchev–Trinajstić information content (AvgIpc) is 3.27. The van der Waals surface area contributed by atoms with E-state index in [0.717, 1.165) is 11.4 Å². The van der Waals surface area contributed by atoms with Gasteiger partial charge >= 0.3 is 0 Å². The number of benzene rings is 9. The van der Waals surface area contributed by atoms with Crippen molar-refractivity contribution in [2.24, 2.45) is 0 Å². The molecule has 0 aromatic heterocycles.